The molecule has 2 aromatic rings. The molecule has 3 heteroatoms. The van der Waals surface area contributed by atoms with E-state index in [0.717, 1.165) is 12.1 Å². The van der Waals surface area contributed by atoms with Crippen molar-refractivity contribution < 1.29 is 0 Å². The molecule has 0 amide bonds. The van der Waals surface area contributed by atoms with Gasteiger partial charge < -0.3 is 5.73 Å². The highest BCUT2D eigenvalue weighted by Crippen LogP contribution is 2.35. The van der Waals surface area contributed by atoms with Gasteiger partial charge in [-0.3, -0.25) is 0 Å². The first-order valence-electron chi connectivity index (χ1n) is 6.91. The van der Waals surface area contributed by atoms with Crippen molar-refractivity contribution in [3.8, 4) is 0 Å². The standard InChI is InChI=1S/C16H20N2S/c1-10-11(2)19-16(18-10)9-15(17)14-8-7-12-5-3-4-6-13(12)14/h3-6,14-15H,7-9,17H2,1-2H3. The summed E-state index contributed by atoms with van der Waals surface area (Å²) in [6, 6.07) is 8.92. The molecule has 0 aliphatic heterocycles. The van der Waals surface area contributed by atoms with Crippen molar-refractivity contribution in [1.29, 1.82) is 0 Å². The predicted molar refractivity (Wildman–Crippen MR) is 80.8 cm³/mol. The number of aryl methyl sites for hydroxylation is 3. The van der Waals surface area contributed by atoms with E-state index in [9.17, 15) is 0 Å². The minimum atomic E-state index is 0.189. The molecule has 0 saturated heterocycles. The van der Waals surface area contributed by atoms with Crippen LogP contribution in [0.3, 0.4) is 0 Å². The molecule has 2 atom stereocenters. The molecule has 2 nitrogen and oxygen atoms in total. The van der Waals surface area contributed by atoms with Gasteiger partial charge in [0.2, 0.25) is 0 Å². The van der Waals surface area contributed by atoms with Crippen molar-refractivity contribution in [2.24, 2.45) is 5.73 Å². The minimum absolute atomic E-state index is 0.189. The zero-order valence-corrected chi connectivity index (χ0v) is 12.3. The molecule has 2 N–H and O–H groups in total. The van der Waals surface area contributed by atoms with Gasteiger partial charge in [-0.1, -0.05) is 24.3 Å². The zero-order chi connectivity index (χ0) is 13.4. The van der Waals surface area contributed by atoms with Gasteiger partial charge in [-0.25, -0.2) is 4.98 Å². The van der Waals surface area contributed by atoms with E-state index >= 15 is 0 Å². The molecule has 19 heavy (non-hydrogen) atoms. The molecule has 1 aromatic heterocycles. The van der Waals surface area contributed by atoms with Gasteiger partial charge in [-0.2, -0.15) is 0 Å². The van der Waals surface area contributed by atoms with Crippen molar-refractivity contribution in [2.75, 3.05) is 0 Å². The molecular formula is C16H20N2S. The van der Waals surface area contributed by atoms with Crippen LogP contribution in [0.1, 0.15) is 39.0 Å². The van der Waals surface area contributed by atoms with Crippen LogP contribution in [0.25, 0.3) is 0 Å². The van der Waals surface area contributed by atoms with E-state index in [0.29, 0.717) is 5.92 Å². The molecule has 100 valence electrons. The summed E-state index contributed by atoms with van der Waals surface area (Å²) < 4.78 is 0. The summed E-state index contributed by atoms with van der Waals surface area (Å²) in [6.45, 7) is 4.21. The lowest BCUT2D eigenvalue weighted by atomic mass is 9.92. The van der Waals surface area contributed by atoms with Gasteiger partial charge in [0.1, 0.15) is 0 Å². The van der Waals surface area contributed by atoms with Crippen LogP contribution >= 0.6 is 11.3 Å². The fraction of sp³-hybridized carbons (Fsp3) is 0.438. The van der Waals surface area contributed by atoms with E-state index in [4.69, 9.17) is 5.73 Å². The van der Waals surface area contributed by atoms with Crippen molar-refractivity contribution >= 4 is 11.3 Å². The van der Waals surface area contributed by atoms with E-state index < -0.39 is 0 Å². The fourth-order valence-electron chi connectivity index (χ4n) is 3.01. The molecular weight excluding hydrogens is 252 g/mol. The zero-order valence-electron chi connectivity index (χ0n) is 11.5. The maximum Gasteiger partial charge on any atom is 0.0946 e. The summed E-state index contributed by atoms with van der Waals surface area (Å²) in [5.41, 5.74) is 10.5. The van der Waals surface area contributed by atoms with Gasteiger partial charge in [0, 0.05) is 17.3 Å². The largest absolute Gasteiger partial charge is 0.327 e. The molecule has 0 spiro atoms. The molecule has 1 aliphatic carbocycles. The highest BCUT2D eigenvalue weighted by atomic mass is 32.1. The van der Waals surface area contributed by atoms with Gasteiger partial charge in [-0.05, 0) is 43.7 Å². The molecule has 1 aliphatic rings. The molecule has 1 aromatic carbocycles. The summed E-state index contributed by atoms with van der Waals surface area (Å²) in [4.78, 5) is 5.93. The predicted octanol–water partition coefficient (Wildman–Crippen LogP) is 3.36. The van der Waals surface area contributed by atoms with Crippen LogP contribution in [0, 0.1) is 13.8 Å². The third-order valence-electron chi connectivity index (χ3n) is 4.18. The monoisotopic (exact) mass is 272 g/mol. The summed E-state index contributed by atoms with van der Waals surface area (Å²) in [5.74, 6) is 0.501. The van der Waals surface area contributed by atoms with Gasteiger partial charge in [0.05, 0.1) is 10.7 Å². The number of nitrogens with zero attached hydrogens (tertiary/aromatic N) is 1. The highest BCUT2D eigenvalue weighted by Gasteiger charge is 2.27. The summed E-state index contributed by atoms with van der Waals surface area (Å²) in [7, 11) is 0. The van der Waals surface area contributed by atoms with Crippen molar-refractivity contribution in [1.82, 2.24) is 4.98 Å². The molecule has 2 unspecified atom stereocenters. The smallest absolute Gasteiger partial charge is 0.0946 e. The van der Waals surface area contributed by atoms with Crippen LogP contribution in [0.5, 0.6) is 0 Å². The molecule has 0 radical (unpaired) electrons. The SMILES string of the molecule is Cc1nc(CC(N)C2CCc3ccccc32)sc1C. The number of aromatic nitrogens is 1. The number of hydrogen-bond acceptors (Lipinski definition) is 3. The summed E-state index contributed by atoms with van der Waals surface area (Å²) >= 11 is 1.79. The van der Waals surface area contributed by atoms with Gasteiger partial charge in [0.25, 0.3) is 0 Å². The number of fused-ring (bicyclic) bond motifs is 1. The van der Waals surface area contributed by atoms with Crippen LogP contribution in [-0.2, 0) is 12.8 Å². The van der Waals surface area contributed by atoms with Crippen LogP contribution < -0.4 is 5.73 Å². The van der Waals surface area contributed by atoms with Crippen molar-refractivity contribution in [3.63, 3.8) is 0 Å². The van der Waals surface area contributed by atoms with Crippen LogP contribution in [-0.4, -0.2) is 11.0 Å². The number of benzene rings is 1. The molecule has 0 fully saturated rings. The normalized spacial score (nSPS) is 19.4. The Hall–Kier alpha value is -1.19. The Morgan fingerprint density at radius 1 is 1.37 bits per heavy atom. The average molecular weight is 272 g/mol. The molecule has 1 heterocycles. The minimum Gasteiger partial charge on any atom is -0.327 e. The van der Waals surface area contributed by atoms with Gasteiger partial charge in [-0.15, -0.1) is 11.3 Å². The van der Waals surface area contributed by atoms with E-state index in [1.54, 1.807) is 11.3 Å². The lowest BCUT2D eigenvalue weighted by molar-refractivity contribution is 0.524. The first kappa shape index (κ1) is 12.8. The summed E-state index contributed by atoms with van der Waals surface area (Å²) in [6.07, 6.45) is 3.26. The van der Waals surface area contributed by atoms with Crippen LogP contribution in [0.15, 0.2) is 24.3 Å². The van der Waals surface area contributed by atoms with Gasteiger partial charge in [0.15, 0.2) is 0 Å². The molecule has 3 rings (SSSR count). The van der Waals surface area contributed by atoms with Crippen molar-refractivity contribution in [2.45, 2.75) is 45.1 Å². The summed E-state index contributed by atoms with van der Waals surface area (Å²) in [5, 5.41) is 1.19. The lowest BCUT2D eigenvalue weighted by Gasteiger charge is -2.19. The first-order chi connectivity index (χ1) is 9.15. The fourth-order valence-corrected chi connectivity index (χ4v) is 4.01. The second-order valence-corrected chi connectivity index (χ2v) is 6.75. The Labute approximate surface area is 118 Å². The third-order valence-corrected chi connectivity index (χ3v) is 5.27. The second-order valence-electron chi connectivity index (χ2n) is 5.46. The molecule has 0 bridgehead atoms. The number of thiazole rings is 1. The van der Waals surface area contributed by atoms with E-state index in [1.807, 2.05) is 0 Å². The van der Waals surface area contributed by atoms with Crippen molar-refractivity contribution in [3.05, 3.63) is 51.0 Å². The highest BCUT2D eigenvalue weighted by molar-refractivity contribution is 7.11. The maximum absolute atomic E-state index is 6.45. The van der Waals surface area contributed by atoms with E-state index in [2.05, 4.69) is 43.1 Å². The van der Waals surface area contributed by atoms with Gasteiger partial charge >= 0.3 is 0 Å². The Bertz CT molecular complexity index is 569. The van der Waals surface area contributed by atoms with Crippen LogP contribution in [0.4, 0.5) is 0 Å². The quantitative estimate of drug-likeness (QED) is 0.930. The van der Waals surface area contributed by atoms with E-state index in [-0.39, 0.29) is 6.04 Å². The number of hydrogen-bond donors (Lipinski definition) is 1. The lowest BCUT2D eigenvalue weighted by Crippen LogP contribution is -2.29. The van der Waals surface area contributed by atoms with E-state index in [1.165, 1.54) is 33.9 Å². The Morgan fingerprint density at radius 3 is 2.89 bits per heavy atom. The van der Waals surface area contributed by atoms with Crippen LogP contribution in [0.2, 0.25) is 0 Å². The second kappa shape index (κ2) is 5.06. The number of nitrogens with two attached hydrogens (primary N) is 1. The first-order valence-corrected chi connectivity index (χ1v) is 7.73. The third kappa shape index (κ3) is 2.45. The molecule has 0 saturated carbocycles. The Morgan fingerprint density at radius 2 is 2.16 bits per heavy atom. The average Bonchev–Trinajstić information content (AvgIpc) is 2.94. The topological polar surface area (TPSA) is 38.9 Å². The number of rotatable bonds is 3. The maximum atomic E-state index is 6.45. The Balaban J connectivity index is 1.77. The Kier molecular flexibility index (Phi) is 3.42.